The van der Waals surface area contributed by atoms with E-state index in [-0.39, 0.29) is 0 Å². The van der Waals surface area contributed by atoms with E-state index >= 15 is 0 Å². The van der Waals surface area contributed by atoms with Gasteiger partial charge in [-0.15, -0.1) is 0 Å². The normalized spacial score (nSPS) is 9.38. The molecule has 1 aromatic carbocycles. The summed E-state index contributed by atoms with van der Waals surface area (Å²) in [6, 6.07) is 4.82. The summed E-state index contributed by atoms with van der Waals surface area (Å²) in [5.74, 6) is 0.326. The molecule has 0 aliphatic heterocycles. The fourth-order valence-electron chi connectivity index (χ4n) is 0.930. The average molecular weight is 202 g/mol. The largest absolute Gasteiger partial charge is 0.493 e. The standard InChI is InChI=1S/C8H8ClNO3/c1-13-7-5(9)3-2-4-6(7)10-8(11)12/h2-4,10H,1H3,(H,11,12). The van der Waals surface area contributed by atoms with Gasteiger partial charge < -0.3 is 9.84 Å². The molecule has 5 heteroatoms. The first kappa shape index (κ1) is 9.67. The quantitative estimate of drug-likeness (QED) is 0.773. The van der Waals surface area contributed by atoms with Gasteiger partial charge in [0.05, 0.1) is 17.8 Å². The number of amides is 1. The lowest BCUT2D eigenvalue weighted by molar-refractivity contribution is 0.209. The van der Waals surface area contributed by atoms with Crippen molar-refractivity contribution < 1.29 is 14.6 Å². The van der Waals surface area contributed by atoms with Gasteiger partial charge >= 0.3 is 6.09 Å². The molecule has 13 heavy (non-hydrogen) atoms. The smallest absolute Gasteiger partial charge is 0.409 e. The summed E-state index contributed by atoms with van der Waals surface area (Å²) >= 11 is 5.76. The molecule has 0 fully saturated rings. The molecule has 0 unspecified atom stereocenters. The molecule has 0 saturated carbocycles. The first-order valence-electron chi connectivity index (χ1n) is 3.47. The molecule has 0 spiro atoms. The zero-order valence-corrected chi connectivity index (χ0v) is 7.63. The summed E-state index contributed by atoms with van der Waals surface area (Å²) < 4.78 is 4.92. The first-order valence-corrected chi connectivity index (χ1v) is 3.85. The van der Waals surface area contributed by atoms with Crippen molar-refractivity contribution in [2.75, 3.05) is 12.4 Å². The molecular weight excluding hydrogens is 194 g/mol. The van der Waals surface area contributed by atoms with E-state index in [1.807, 2.05) is 0 Å². The Morgan fingerprint density at radius 1 is 1.62 bits per heavy atom. The Labute approximate surface area is 80.1 Å². The van der Waals surface area contributed by atoms with Crippen molar-refractivity contribution in [3.05, 3.63) is 23.2 Å². The third-order valence-corrected chi connectivity index (χ3v) is 1.71. The number of nitrogens with one attached hydrogen (secondary N) is 1. The minimum Gasteiger partial charge on any atom is -0.493 e. The molecule has 0 aromatic heterocycles. The molecule has 0 atom stereocenters. The maximum absolute atomic E-state index is 10.3. The average Bonchev–Trinajstić information content (AvgIpc) is 2.03. The molecule has 1 amide bonds. The second-order valence-corrected chi connectivity index (χ2v) is 2.66. The first-order chi connectivity index (χ1) is 6.15. The van der Waals surface area contributed by atoms with E-state index in [1.54, 1.807) is 18.2 Å². The third kappa shape index (κ3) is 2.26. The van der Waals surface area contributed by atoms with Crippen LogP contribution in [0.3, 0.4) is 0 Å². The van der Waals surface area contributed by atoms with Crippen LogP contribution in [0, 0.1) is 0 Å². The number of anilines is 1. The van der Waals surface area contributed by atoms with Crippen LogP contribution in [0.1, 0.15) is 0 Å². The minimum atomic E-state index is -1.15. The third-order valence-electron chi connectivity index (χ3n) is 1.41. The van der Waals surface area contributed by atoms with Gasteiger partial charge in [0.25, 0.3) is 0 Å². The van der Waals surface area contributed by atoms with Crippen LogP contribution < -0.4 is 10.1 Å². The molecule has 1 rings (SSSR count). The summed E-state index contributed by atoms with van der Waals surface area (Å²) in [5.41, 5.74) is 0.336. The molecule has 0 heterocycles. The Morgan fingerprint density at radius 3 is 2.85 bits per heavy atom. The number of methoxy groups -OCH3 is 1. The molecule has 0 bridgehead atoms. The SMILES string of the molecule is COc1c(Cl)cccc1NC(=O)O. The highest BCUT2D eigenvalue weighted by Gasteiger charge is 2.08. The molecule has 0 aliphatic rings. The molecule has 4 nitrogen and oxygen atoms in total. The second-order valence-electron chi connectivity index (χ2n) is 2.25. The predicted molar refractivity (Wildman–Crippen MR) is 49.7 cm³/mol. The maximum Gasteiger partial charge on any atom is 0.409 e. The van der Waals surface area contributed by atoms with E-state index in [0.29, 0.717) is 16.5 Å². The van der Waals surface area contributed by atoms with Crippen LogP contribution in [0.15, 0.2) is 18.2 Å². The monoisotopic (exact) mass is 201 g/mol. The van der Waals surface area contributed by atoms with Crippen LogP contribution in [0.2, 0.25) is 5.02 Å². The number of ether oxygens (including phenoxy) is 1. The van der Waals surface area contributed by atoms with Gasteiger partial charge in [-0.1, -0.05) is 17.7 Å². The number of carboxylic acid groups (broad SMARTS) is 1. The van der Waals surface area contributed by atoms with E-state index in [4.69, 9.17) is 21.4 Å². The lowest BCUT2D eigenvalue weighted by Gasteiger charge is -2.08. The lowest BCUT2D eigenvalue weighted by atomic mass is 10.3. The van der Waals surface area contributed by atoms with E-state index in [2.05, 4.69) is 5.32 Å². The molecular formula is C8H8ClNO3. The summed E-state index contributed by atoms with van der Waals surface area (Å²) in [6.07, 6.45) is -1.15. The van der Waals surface area contributed by atoms with Gasteiger partial charge in [0.1, 0.15) is 0 Å². The van der Waals surface area contributed by atoms with E-state index in [9.17, 15) is 4.79 Å². The van der Waals surface area contributed by atoms with Crippen LogP contribution in [0.4, 0.5) is 10.5 Å². The van der Waals surface area contributed by atoms with Gasteiger partial charge in [-0.2, -0.15) is 0 Å². The number of halogens is 1. The highest BCUT2D eigenvalue weighted by molar-refractivity contribution is 6.32. The van der Waals surface area contributed by atoms with Gasteiger partial charge in [-0.3, -0.25) is 5.32 Å². The lowest BCUT2D eigenvalue weighted by Crippen LogP contribution is -2.08. The Kier molecular flexibility index (Phi) is 2.97. The van der Waals surface area contributed by atoms with Gasteiger partial charge in [0.15, 0.2) is 5.75 Å². The summed E-state index contributed by atoms with van der Waals surface area (Å²) in [4.78, 5) is 10.3. The molecule has 2 N–H and O–H groups in total. The molecule has 0 radical (unpaired) electrons. The predicted octanol–water partition coefficient (Wildman–Crippen LogP) is 2.44. The highest BCUT2D eigenvalue weighted by Crippen LogP contribution is 2.32. The molecule has 1 aromatic rings. The Morgan fingerprint density at radius 2 is 2.31 bits per heavy atom. The number of rotatable bonds is 2. The van der Waals surface area contributed by atoms with Crippen molar-refractivity contribution in [1.29, 1.82) is 0 Å². The zero-order valence-electron chi connectivity index (χ0n) is 6.87. The number of benzene rings is 1. The Bertz CT molecular complexity index is 327. The topological polar surface area (TPSA) is 58.6 Å². The fraction of sp³-hybridized carbons (Fsp3) is 0.125. The number of para-hydroxylation sites is 1. The minimum absolute atomic E-state index is 0.326. The number of hydrogen-bond donors (Lipinski definition) is 2. The van der Waals surface area contributed by atoms with E-state index < -0.39 is 6.09 Å². The zero-order chi connectivity index (χ0) is 9.84. The van der Waals surface area contributed by atoms with Crippen molar-refractivity contribution in [2.24, 2.45) is 0 Å². The van der Waals surface area contributed by atoms with Crippen LogP contribution in [-0.2, 0) is 0 Å². The number of carbonyl (C=O) groups is 1. The fourth-order valence-corrected chi connectivity index (χ4v) is 1.18. The van der Waals surface area contributed by atoms with Crippen molar-refractivity contribution in [1.82, 2.24) is 0 Å². The molecule has 70 valence electrons. The molecule has 0 aliphatic carbocycles. The van der Waals surface area contributed by atoms with Gasteiger partial charge in [0.2, 0.25) is 0 Å². The number of hydrogen-bond acceptors (Lipinski definition) is 2. The molecule has 0 saturated heterocycles. The summed E-state index contributed by atoms with van der Waals surface area (Å²) in [5, 5.41) is 11.0. The van der Waals surface area contributed by atoms with Crippen LogP contribution in [0.5, 0.6) is 5.75 Å². The van der Waals surface area contributed by atoms with Crippen molar-refractivity contribution in [3.63, 3.8) is 0 Å². The van der Waals surface area contributed by atoms with E-state index in [1.165, 1.54) is 7.11 Å². The van der Waals surface area contributed by atoms with Gasteiger partial charge in [-0.05, 0) is 12.1 Å². The highest BCUT2D eigenvalue weighted by atomic mass is 35.5. The van der Waals surface area contributed by atoms with Crippen LogP contribution in [0.25, 0.3) is 0 Å². The summed E-state index contributed by atoms with van der Waals surface area (Å²) in [6.45, 7) is 0. The van der Waals surface area contributed by atoms with Crippen molar-refractivity contribution in [3.8, 4) is 5.75 Å². The van der Waals surface area contributed by atoms with Gasteiger partial charge in [0, 0.05) is 0 Å². The van der Waals surface area contributed by atoms with E-state index in [0.717, 1.165) is 0 Å². The van der Waals surface area contributed by atoms with Crippen LogP contribution >= 0.6 is 11.6 Å². The van der Waals surface area contributed by atoms with Gasteiger partial charge in [-0.25, -0.2) is 4.79 Å². The summed E-state index contributed by atoms with van der Waals surface area (Å²) in [7, 11) is 1.42. The Hall–Kier alpha value is -1.42. The van der Waals surface area contributed by atoms with Crippen molar-refractivity contribution in [2.45, 2.75) is 0 Å². The van der Waals surface area contributed by atoms with Crippen LogP contribution in [-0.4, -0.2) is 18.3 Å². The maximum atomic E-state index is 10.3. The van der Waals surface area contributed by atoms with Crippen molar-refractivity contribution >= 4 is 23.4 Å². The second kappa shape index (κ2) is 4.00. The Balaban J connectivity index is 3.05.